The first-order valence-electron chi connectivity index (χ1n) is 6.97. The molecular weight excluding hydrogens is 242 g/mol. The van der Waals surface area contributed by atoms with Crippen molar-refractivity contribution < 1.29 is 4.74 Å². The molecule has 0 aromatic heterocycles. The highest BCUT2D eigenvalue weighted by Gasteiger charge is 2.41. The van der Waals surface area contributed by atoms with Crippen LogP contribution >= 0.6 is 0 Å². The number of nitrogens with zero attached hydrogens (tertiary/aromatic N) is 1. The van der Waals surface area contributed by atoms with E-state index in [1.54, 1.807) is 7.11 Å². The van der Waals surface area contributed by atoms with Crippen molar-refractivity contribution in [3.05, 3.63) is 11.5 Å². The Bertz CT molecular complexity index is 386. The highest BCUT2D eigenvalue weighted by molar-refractivity contribution is 5.82. The van der Waals surface area contributed by atoms with Crippen LogP contribution < -0.4 is 22.1 Å². The molecule has 1 saturated carbocycles. The quantitative estimate of drug-likeness (QED) is 0.571. The Kier molecular flexibility index (Phi) is 4.31. The monoisotopic (exact) mass is 267 g/mol. The third-order valence-electron chi connectivity index (χ3n) is 4.08. The molecule has 0 aromatic rings. The van der Waals surface area contributed by atoms with Crippen LogP contribution in [-0.2, 0) is 4.74 Å². The van der Waals surface area contributed by atoms with E-state index >= 15 is 0 Å². The fourth-order valence-electron chi connectivity index (χ4n) is 3.16. The van der Waals surface area contributed by atoms with Crippen molar-refractivity contribution in [2.24, 2.45) is 22.4 Å². The molecule has 6 nitrogen and oxygen atoms in total. The summed E-state index contributed by atoms with van der Waals surface area (Å²) in [4.78, 5) is 4.51. The van der Waals surface area contributed by atoms with Crippen molar-refractivity contribution in [1.29, 1.82) is 0 Å². The molecule has 1 fully saturated rings. The SMILES string of the molecule is CNC1(CCN)N=C(N)NC(C2CCCC2)=C1OC. The topological polar surface area (TPSA) is 97.7 Å². The third-order valence-corrected chi connectivity index (χ3v) is 4.08. The van der Waals surface area contributed by atoms with Gasteiger partial charge in [-0.05, 0) is 26.4 Å². The summed E-state index contributed by atoms with van der Waals surface area (Å²) in [6, 6.07) is 0. The highest BCUT2D eigenvalue weighted by Crippen LogP contribution is 2.37. The van der Waals surface area contributed by atoms with E-state index in [-0.39, 0.29) is 0 Å². The minimum atomic E-state index is -0.628. The van der Waals surface area contributed by atoms with E-state index in [1.165, 1.54) is 25.7 Å². The number of hydrogen-bond donors (Lipinski definition) is 4. The number of nitrogens with two attached hydrogens (primary N) is 2. The van der Waals surface area contributed by atoms with Gasteiger partial charge in [0.15, 0.2) is 17.4 Å². The van der Waals surface area contributed by atoms with Gasteiger partial charge in [0.25, 0.3) is 0 Å². The lowest BCUT2D eigenvalue weighted by Gasteiger charge is -2.37. The summed E-state index contributed by atoms with van der Waals surface area (Å²) in [7, 11) is 3.55. The number of hydrogen-bond acceptors (Lipinski definition) is 6. The molecule has 2 rings (SSSR count). The lowest BCUT2D eigenvalue weighted by atomic mass is 9.94. The van der Waals surface area contributed by atoms with Crippen LogP contribution in [0.5, 0.6) is 0 Å². The van der Waals surface area contributed by atoms with Crippen LogP contribution in [0.3, 0.4) is 0 Å². The predicted octanol–water partition coefficient (Wildman–Crippen LogP) is 0.217. The zero-order chi connectivity index (χ0) is 13.9. The largest absolute Gasteiger partial charge is 0.495 e. The molecule has 1 aliphatic heterocycles. The van der Waals surface area contributed by atoms with Gasteiger partial charge in [-0.25, -0.2) is 4.99 Å². The molecule has 108 valence electrons. The van der Waals surface area contributed by atoms with E-state index in [4.69, 9.17) is 16.2 Å². The molecular formula is C13H25N5O. The summed E-state index contributed by atoms with van der Waals surface area (Å²) in [5, 5.41) is 6.44. The molecule has 0 saturated heterocycles. The van der Waals surface area contributed by atoms with Gasteiger partial charge in [-0.15, -0.1) is 0 Å². The van der Waals surface area contributed by atoms with E-state index < -0.39 is 5.66 Å². The third kappa shape index (κ3) is 2.55. The van der Waals surface area contributed by atoms with Gasteiger partial charge in [-0.2, -0.15) is 0 Å². The van der Waals surface area contributed by atoms with Crippen LogP contribution in [-0.4, -0.2) is 32.3 Å². The lowest BCUT2D eigenvalue weighted by Crippen LogP contribution is -2.54. The Hall–Kier alpha value is -1.27. The molecule has 0 bridgehead atoms. The maximum Gasteiger partial charge on any atom is 0.195 e. The Labute approximate surface area is 114 Å². The summed E-state index contributed by atoms with van der Waals surface area (Å²) in [5.41, 5.74) is 12.1. The lowest BCUT2D eigenvalue weighted by molar-refractivity contribution is 0.182. The number of rotatable bonds is 5. The van der Waals surface area contributed by atoms with Gasteiger partial charge in [-0.1, -0.05) is 12.8 Å². The van der Waals surface area contributed by atoms with Crippen LogP contribution in [0, 0.1) is 5.92 Å². The maximum atomic E-state index is 5.96. The second kappa shape index (κ2) is 5.79. The van der Waals surface area contributed by atoms with Gasteiger partial charge in [0.2, 0.25) is 0 Å². The van der Waals surface area contributed by atoms with Gasteiger partial charge >= 0.3 is 0 Å². The van der Waals surface area contributed by atoms with Crippen LogP contribution in [0.15, 0.2) is 16.4 Å². The Morgan fingerprint density at radius 3 is 2.68 bits per heavy atom. The number of ether oxygens (including phenoxy) is 1. The van der Waals surface area contributed by atoms with Gasteiger partial charge < -0.3 is 21.5 Å². The molecule has 0 radical (unpaired) electrons. The van der Waals surface area contributed by atoms with Crippen LogP contribution in [0.4, 0.5) is 0 Å². The second-order valence-corrected chi connectivity index (χ2v) is 5.20. The number of likely N-dealkylation sites (N-methyl/N-ethyl adjacent to an activating group) is 1. The second-order valence-electron chi connectivity index (χ2n) is 5.20. The molecule has 6 N–H and O–H groups in total. The standard InChI is InChI=1S/C13H25N5O/c1-16-13(7-8-14)11(19-2)10(17-12(15)18-13)9-5-3-4-6-9/h9,16H,3-8,14H2,1-2H3,(H3,15,17,18). The first-order valence-corrected chi connectivity index (χ1v) is 6.97. The Morgan fingerprint density at radius 2 is 2.16 bits per heavy atom. The highest BCUT2D eigenvalue weighted by atomic mass is 16.5. The van der Waals surface area contributed by atoms with Crippen LogP contribution in [0.2, 0.25) is 0 Å². The smallest absolute Gasteiger partial charge is 0.195 e. The Morgan fingerprint density at radius 1 is 1.47 bits per heavy atom. The van der Waals surface area contributed by atoms with E-state index in [0.717, 1.165) is 11.5 Å². The number of aliphatic imine (C=N–C) groups is 1. The van der Waals surface area contributed by atoms with Crippen molar-refractivity contribution in [2.45, 2.75) is 37.8 Å². The van der Waals surface area contributed by atoms with Gasteiger partial charge in [0, 0.05) is 12.3 Å². The fraction of sp³-hybridized carbons (Fsp3) is 0.769. The zero-order valence-corrected chi connectivity index (χ0v) is 11.8. The molecule has 1 atom stereocenters. The average molecular weight is 267 g/mol. The first-order chi connectivity index (χ1) is 9.16. The molecule has 1 aliphatic carbocycles. The summed E-state index contributed by atoms with van der Waals surface area (Å²) in [6.07, 6.45) is 5.52. The first kappa shape index (κ1) is 14.1. The van der Waals surface area contributed by atoms with E-state index in [2.05, 4.69) is 15.6 Å². The molecule has 19 heavy (non-hydrogen) atoms. The van der Waals surface area contributed by atoms with Gasteiger partial charge in [-0.3, -0.25) is 5.32 Å². The number of nitrogens with one attached hydrogen (secondary N) is 2. The molecule has 0 amide bonds. The minimum absolute atomic E-state index is 0.436. The molecule has 0 aromatic carbocycles. The number of methoxy groups -OCH3 is 1. The summed E-state index contributed by atoms with van der Waals surface area (Å²) >= 11 is 0. The minimum Gasteiger partial charge on any atom is -0.495 e. The summed E-state index contributed by atoms with van der Waals surface area (Å²) < 4.78 is 5.66. The zero-order valence-electron chi connectivity index (χ0n) is 11.8. The predicted molar refractivity (Wildman–Crippen MR) is 76.2 cm³/mol. The van der Waals surface area contributed by atoms with Crippen LogP contribution in [0.25, 0.3) is 0 Å². The van der Waals surface area contributed by atoms with Crippen molar-refractivity contribution in [2.75, 3.05) is 20.7 Å². The van der Waals surface area contributed by atoms with Crippen molar-refractivity contribution >= 4 is 5.96 Å². The molecule has 0 spiro atoms. The maximum absolute atomic E-state index is 5.96. The summed E-state index contributed by atoms with van der Waals surface area (Å²) in [5.74, 6) is 1.75. The van der Waals surface area contributed by atoms with Crippen molar-refractivity contribution in [3.63, 3.8) is 0 Å². The normalized spacial score (nSPS) is 28.3. The number of guanidine groups is 1. The summed E-state index contributed by atoms with van der Waals surface area (Å²) in [6.45, 7) is 0.516. The average Bonchev–Trinajstić information content (AvgIpc) is 2.92. The van der Waals surface area contributed by atoms with E-state index in [9.17, 15) is 0 Å². The fourth-order valence-corrected chi connectivity index (χ4v) is 3.16. The van der Waals surface area contributed by atoms with E-state index in [0.29, 0.717) is 24.8 Å². The molecule has 1 heterocycles. The Balaban J connectivity index is 2.41. The number of allylic oxidation sites excluding steroid dienone is 1. The molecule has 2 aliphatic rings. The van der Waals surface area contributed by atoms with E-state index in [1.807, 2.05) is 7.05 Å². The van der Waals surface area contributed by atoms with Gasteiger partial charge in [0.05, 0.1) is 12.8 Å². The molecule has 6 heteroatoms. The molecule has 1 unspecified atom stereocenters. The van der Waals surface area contributed by atoms with Gasteiger partial charge in [0.1, 0.15) is 0 Å². The van der Waals surface area contributed by atoms with Crippen molar-refractivity contribution in [3.8, 4) is 0 Å². The van der Waals surface area contributed by atoms with Crippen LogP contribution in [0.1, 0.15) is 32.1 Å². The van der Waals surface area contributed by atoms with Crippen molar-refractivity contribution in [1.82, 2.24) is 10.6 Å².